The van der Waals surface area contributed by atoms with E-state index in [0.29, 0.717) is 31.8 Å². The maximum atomic E-state index is 12.4. The molecule has 0 bridgehead atoms. The summed E-state index contributed by atoms with van der Waals surface area (Å²) in [6.07, 6.45) is 0.0487. The molecule has 0 aliphatic carbocycles. The molecule has 1 amide bonds. The molecule has 0 unspecified atom stereocenters. The molecule has 1 aromatic carbocycles. The molecule has 130 valence electrons. The number of carbonyl (C=O) groups excluding carboxylic acids is 1. The first-order valence-corrected chi connectivity index (χ1v) is 8.50. The van der Waals surface area contributed by atoms with Gasteiger partial charge in [-0.25, -0.2) is 8.42 Å². The van der Waals surface area contributed by atoms with E-state index in [1.165, 1.54) is 12.1 Å². The van der Waals surface area contributed by atoms with Crippen molar-refractivity contribution in [3.05, 3.63) is 29.8 Å². The van der Waals surface area contributed by atoms with Gasteiger partial charge < -0.3 is 15.4 Å². The van der Waals surface area contributed by atoms with Gasteiger partial charge in [0.1, 0.15) is 0 Å². The number of amides is 1. The Hall–Kier alpha value is -1.58. The number of nitrogens with one attached hydrogen (secondary N) is 2. The predicted molar refractivity (Wildman–Crippen MR) is 81.1 cm³/mol. The molecule has 1 aromatic rings. The minimum absolute atomic E-state index is 0.0487. The number of benzene rings is 1. The zero-order chi connectivity index (χ0) is 17.3. The Bertz CT molecular complexity index is 591. The van der Waals surface area contributed by atoms with Crippen LogP contribution in [-0.2, 0) is 25.8 Å². The zero-order valence-corrected chi connectivity index (χ0v) is 13.5. The summed E-state index contributed by atoms with van der Waals surface area (Å²) in [6.45, 7) is 2.31. The highest BCUT2D eigenvalue weighted by Crippen LogP contribution is 2.18. The van der Waals surface area contributed by atoms with Crippen LogP contribution in [0.5, 0.6) is 0 Å². The van der Waals surface area contributed by atoms with Crippen molar-refractivity contribution >= 4 is 15.7 Å². The molecule has 0 aliphatic rings. The smallest absolute Gasteiger partial charge is 0.341 e. The van der Waals surface area contributed by atoms with Crippen LogP contribution in [0.2, 0.25) is 0 Å². The van der Waals surface area contributed by atoms with Gasteiger partial charge in [0.2, 0.25) is 15.7 Å². The fourth-order valence-corrected chi connectivity index (χ4v) is 2.46. The topological polar surface area (TPSA) is 84.5 Å². The fourth-order valence-electron chi connectivity index (χ4n) is 1.74. The van der Waals surface area contributed by atoms with Gasteiger partial charge in [0.15, 0.2) is 0 Å². The Morgan fingerprint density at radius 1 is 1.17 bits per heavy atom. The SMILES string of the molecule is COCCNCCNC(=O)Cc1ccc(S(=O)(=O)C(F)F)cc1. The molecule has 0 spiro atoms. The van der Waals surface area contributed by atoms with Gasteiger partial charge in [-0.05, 0) is 17.7 Å². The second kappa shape index (κ2) is 9.53. The first kappa shape index (κ1) is 19.5. The van der Waals surface area contributed by atoms with Crippen molar-refractivity contribution in [2.75, 3.05) is 33.4 Å². The highest BCUT2D eigenvalue weighted by molar-refractivity contribution is 7.91. The van der Waals surface area contributed by atoms with Crippen molar-refractivity contribution in [2.45, 2.75) is 17.1 Å². The molecule has 9 heteroatoms. The Balaban J connectivity index is 2.42. The highest BCUT2D eigenvalue weighted by atomic mass is 32.2. The Morgan fingerprint density at radius 2 is 1.83 bits per heavy atom. The minimum Gasteiger partial charge on any atom is -0.383 e. The number of alkyl halides is 2. The quantitative estimate of drug-likeness (QED) is 0.603. The van der Waals surface area contributed by atoms with Crippen LogP contribution < -0.4 is 10.6 Å². The summed E-state index contributed by atoms with van der Waals surface area (Å²) in [5, 5.41) is 5.75. The van der Waals surface area contributed by atoms with Crippen LogP contribution in [0.15, 0.2) is 29.2 Å². The maximum absolute atomic E-state index is 12.4. The molecule has 0 saturated heterocycles. The van der Waals surface area contributed by atoms with Gasteiger partial charge in [0.25, 0.3) is 0 Å². The lowest BCUT2D eigenvalue weighted by atomic mass is 10.1. The van der Waals surface area contributed by atoms with E-state index in [4.69, 9.17) is 4.74 Å². The summed E-state index contributed by atoms with van der Waals surface area (Å²) < 4.78 is 52.2. The standard InChI is InChI=1S/C14H20F2N2O4S/c1-22-9-8-17-6-7-18-13(19)10-11-2-4-12(5-3-11)23(20,21)14(15)16/h2-5,14,17H,6-10H2,1H3,(H,18,19). The van der Waals surface area contributed by atoms with Crippen molar-refractivity contribution in [3.63, 3.8) is 0 Å². The number of halogens is 2. The van der Waals surface area contributed by atoms with Gasteiger partial charge in [0, 0.05) is 26.7 Å². The van der Waals surface area contributed by atoms with Crippen molar-refractivity contribution < 1.29 is 26.7 Å². The first-order chi connectivity index (χ1) is 10.9. The van der Waals surface area contributed by atoms with Crippen molar-refractivity contribution in [2.24, 2.45) is 0 Å². The van der Waals surface area contributed by atoms with E-state index in [1.807, 2.05) is 0 Å². The van der Waals surface area contributed by atoms with E-state index in [9.17, 15) is 22.0 Å². The van der Waals surface area contributed by atoms with Gasteiger partial charge in [-0.1, -0.05) is 12.1 Å². The normalized spacial score (nSPS) is 11.7. The molecular weight excluding hydrogens is 330 g/mol. The third kappa shape index (κ3) is 6.59. The number of rotatable bonds is 10. The molecule has 0 saturated carbocycles. The van der Waals surface area contributed by atoms with Crippen LogP contribution in [0.1, 0.15) is 5.56 Å². The van der Waals surface area contributed by atoms with Gasteiger partial charge in [-0.15, -0.1) is 0 Å². The van der Waals surface area contributed by atoms with Gasteiger partial charge in [-0.2, -0.15) is 8.78 Å². The first-order valence-electron chi connectivity index (χ1n) is 6.95. The van der Waals surface area contributed by atoms with E-state index in [2.05, 4.69) is 10.6 Å². The summed E-state index contributed by atoms with van der Waals surface area (Å²) >= 11 is 0. The Kier molecular flexibility index (Phi) is 8.07. The molecule has 0 radical (unpaired) electrons. The van der Waals surface area contributed by atoms with Gasteiger partial charge >= 0.3 is 5.76 Å². The molecular formula is C14H20F2N2O4S. The largest absolute Gasteiger partial charge is 0.383 e. The van der Waals surface area contributed by atoms with Crippen molar-refractivity contribution in [1.82, 2.24) is 10.6 Å². The van der Waals surface area contributed by atoms with Crippen LogP contribution >= 0.6 is 0 Å². The van der Waals surface area contributed by atoms with Crippen LogP contribution in [0, 0.1) is 0 Å². The lowest BCUT2D eigenvalue weighted by molar-refractivity contribution is -0.120. The third-order valence-electron chi connectivity index (χ3n) is 2.96. The number of hydrogen-bond donors (Lipinski definition) is 2. The summed E-state index contributed by atoms with van der Waals surface area (Å²) in [5.41, 5.74) is 0.544. The lowest BCUT2D eigenvalue weighted by Gasteiger charge is -2.07. The van der Waals surface area contributed by atoms with Gasteiger partial charge in [-0.3, -0.25) is 4.79 Å². The average molecular weight is 350 g/mol. The number of ether oxygens (including phenoxy) is 1. The lowest BCUT2D eigenvalue weighted by Crippen LogP contribution is -2.33. The second-order valence-electron chi connectivity index (χ2n) is 4.72. The van der Waals surface area contributed by atoms with E-state index in [1.54, 1.807) is 7.11 Å². The van der Waals surface area contributed by atoms with Crippen LogP contribution in [0.25, 0.3) is 0 Å². The molecule has 0 aliphatic heterocycles. The molecule has 2 N–H and O–H groups in total. The number of hydrogen-bond acceptors (Lipinski definition) is 5. The Morgan fingerprint density at radius 3 is 2.39 bits per heavy atom. The Labute approximate surface area is 134 Å². The van der Waals surface area contributed by atoms with Gasteiger partial charge in [0.05, 0.1) is 17.9 Å². The second-order valence-corrected chi connectivity index (χ2v) is 6.64. The zero-order valence-electron chi connectivity index (χ0n) is 12.7. The average Bonchev–Trinajstić information content (AvgIpc) is 2.51. The summed E-state index contributed by atoms with van der Waals surface area (Å²) in [5.74, 6) is -3.69. The maximum Gasteiger partial charge on any atom is 0.341 e. The fraction of sp³-hybridized carbons (Fsp3) is 0.500. The number of methoxy groups -OCH3 is 1. The van der Waals surface area contributed by atoms with Crippen molar-refractivity contribution in [3.8, 4) is 0 Å². The molecule has 23 heavy (non-hydrogen) atoms. The monoisotopic (exact) mass is 350 g/mol. The van der Waals surface area contributed by atoms with Crippen LogP contribution in [0.4, 0.5) is 8.78 Å². The molecule has 0 atom stereocenters. The molecule has 6 nitrogen and oxygen atoms in total. The molecule has 0 fully saturated rings. The van der Waals surface area contributed by atoms with Crippen molar-refractivity contribution in [1.29, 1.82) is 0 Å². The molecule has 1 rings (SSSR count). The van der Waals surface area contributed by atoms with Crippen LogP contribution in [-0.4, -0.2) is 53.4 Å². The van der Waals surface area contributed by atoms with E-state index < -0.39 is 20.5 Å². The molecule has 0 heterocycles. The number of sulfone groups is 1. The van der Waals surface area contributed by atoms with E-state index in [0.717, 1.165) is 12.1 Å². The summed E-state index contributed by atoms with van der Waals surface area (Å²) in [7, 11) is -3.00. The highest BCUT2D eigenvalue weighted by Gasteiger charge is 2.26. The summed E-state index contributed by atoms with van der Waals surface area (Å²) in [4.78, 5) is 11.2. The minimum atomic E-state index is -4.60. The number of carbonyl (C=O) groups is 1. The van der Waals surface area contributed by atoms with E-state index >= 15 is 0 Å². The summed E-state index contributed by atoms with van der Waals surface area (Å²) in [6, 6.07) is 4.87. The third-order valence-corrected chi connectivity index (χ3v) is 4.36. The van der Waals surface area contributed by atoms with Crippen LogP contribution in [0.3, 0.4) is 0 Å². The predicted octanol–water partition coefficient (Wildman–Crippen LogP) is 0.578. The molecule has 0 aromatic heterocycles. The van der Waals surface area contributed by atoms with E-state index in [-0.39, 0.29) is 12.3 Å².